The van der Waals surface area contributed by atoms with E-state index in [1.165, 1.54) is 36.4 Å². The lowest BCUT2D eigenvalue weighted by Crippen LogP contribution is -2.34. The summed E-state index contributed by atoms with van der Waals surface area (Å²) in [6, 6.07) is 29.7. The van der Waals surface area contributed by atoms with Gasteiger partial charge in [-0.15, -0.1) is 0 Å². The second-order valence-electron chi connectivity index (χ2n) is 19.1. The van der Waals surface area contributed by atoms with Gasteiger partial charge in [-0.2, -0.15) is 0 Å². The maximum atomic E-state index is 14.9. The van der Waals surface area contributed by atoms with Crippen molar-refractivity contribution in [3.63, 3.8) is 0 Å². The minimum atomic E-state index is -0.685. The number of hydrogen-bond donors (Lipinski definition) is 4. The van der Waals surface area contributed by atoms with Crippen LogP contribution in [0.2, 0.25) is 10.0 Å². The first-order valence-corrected chi connectivity index (χ1v) is 26.3. The summed E-state index contributed by atoms with van der Waals surface area (Å²) in [5.74, 6) is -0.747. The van der Waals surface area contributed by atoms with Gasteiger partial charge in [-0.1, -0.05) is 23.2 Å². The highest BCUT2D eigenvalue weighted by Crippen LogP contribution is 2.37. The number of nitrogens with zero attached hydrogens (tertiary/aromatic N) is 10. The molecule has 0 unspecified atom stereocenters. The first kappa shape index (κ1) is 56.2. The Kier molecular flexibility index (Phi) is 17.9. The van der Waals surface area contributed by atoms with E-state index in [9.17, 15) is 18.4 Å². The number of carbonyl (C=O) groups is 2. The third-order valence-electron chi connectivity index (χ3n) is 13.6. The number of likely N-dealkylation sites (tertiary alicyclic amines) is 2. The van der Waals surface area contributed by atoms with Gasteiger partial charge in [-0.05, 0) is 149 Å². The molecule has 0 spiro atoms. The van der Waals surface area contributed by atoms with Gasteiger partial charge < -0.3 is 50.3 Å². The van der Waals surface area contributed by atoms with Crippen molar-refractivity contribution in [1.29, 1.82) is 0 Å². The van der Waals surface area contributed by atoms with Crippen molar-refractivity contribution >= 4 is 69.7 Å². The molecule has 22 heteroatoms. The summed E-state index contributed by atoms with van der Waals surface area (Å²) >= 11 is 12.5. The summed E-state index contributed by atoms with van der Waals surface area (Å²) in [4.78, 5) is 61.3. The molecule has 2 amide bonds. The average molecular weight is 1120 g/mol. The van der Waals surface area contributed by atoms with Crippen molar-refractivity contribution in [3.05, 3.63) is 167 Å². The predicted octanol–water partition coefficient (Wildman–Crippen LogP) is 11.1. The van der Waals surface area contributed by atoms with Gasteiger partial charge in [0.25, 0.3) is 11.8 Å². The Balaban J connectivity index is 0.000000194. The van der Waals surface area contributed by atoms with Gasteiger partial charge in [0.05, 0.1) is 56.4 Å². The lowest BCUT2D eigenvalue weighted by Gasteiger charge is -2.29. The molecule has 2 fully saturated rings. The number of ether oxygens (including phenoxy) is 2. The molecule has 2 aliphatic heterocycles. The highest BCUT2D eigenvalue weighted by atomic mass is 35.5. The molecule has 80 heavy (non-hydrogen) atoms. The van der Waals surface area contributed by atoms with E-state index in [0.29, 0.717) is 55.8 Å². The minimum absolute atomic E-state index is 0.177. The second-order valence-corrected chi connectivity index (χ2v) is 20.0. The summed E-state index contributed by atoms with van der Waals surface area (Å²) in [7, 11) is 11.6. The first-order valence-electron chi connectivity index (χ1n) is 25.6. The van der Waals surface area contributed by atoms with Crippen molar-refractivity contribution in [2.24, 2.45) is 0 Å². The number of nitrogens with one attached hydrogen (secondary N) is 4. The smallest absolute Gasteiger partial charge is 0.258 e. The van der Waals surface area contributed by atoms with Gasteiger partial charge in [0.1, 0.15) is 23.1 Å². The summed E-state index contributed by atoms with van der Waals surface area (Å²) in [6.07, 6.45) is 8.40. The van der Waals surface area contributed by atoms with E-state index in [1.807, 2.05) is 26.2 Å². The second kappa shape index (κ2) is 25.5. The maximum Gasteiger partial charge on any atom is 0.258 e. The number of anilines is 6. The lowest BCUT2D eigenvalue weighted by molar-refractivity contribution is 0.101. The maximum absolute atomic E-state index is 14.9. The number of aromatic nitrogens is 6. The van der Waals surface area contributed by atoms with Crippen LogP contribution in [-0.4, -0.2) is 132 Å². The number of hydrogen-bond acceptors (Lipinski definition) is 16. The molecule has 6 heterocycles. The van der Waals surface area contributed by atoms with Crippen LogP contribution in [-0.2, 0) is 0 Å². The summed E-state index contributed by atoms with van der Waals surface area (Å²) in [6.45, 7) is 3.80. The third-order valence-corrected chi connectivity index (χ3v) is 14.1. The van der Waals surface area contributed by atoms with Crippen LogP contribution in [0.25, 0.3) is 22.5 Å². The standard InChI is InChI=1S/2C29H29ClFN7O2/c2*1-32-29-34-13-10-24(36-29)21-5-4-12-33-28(21)40-20-7-8-23(31)22(16-20)27(39)35-25-15-18(30)6-9-26(25)38(3)19-11-14-37(2)17-19/h2*4-10,12-13,15-16,19H,11,14,17H2,1-3H3,(H,35,39)(H,32,34,36)/t2*19-/m10/s1. The van der Waals surface area contributed by atoms with Crippen LogP contribution in [0.5, 0.6) is 23.3 Å². The van der Waals surface area contributed by atoms with Gasteiger partial charge in [-0.3, -0.25) is 9.59 Å². The first-order chi connectivity index (χ1) is 38.6. The molecule has 0 aliphatic carbocycles. The van der Waals surface area contributed by atoms with Gasteiger partial charge in [0, 0.05) is 88.2 Å². The fourth-order valence-electron chi connectivity index (χ4n) is 9.36. The van der Waals surface area contributed by atoms with E-state index < -0.39 is 23.4 Å². The Morgan fingerprint density at radius 3 is 1.39 bits per heavy atom. The SMILES string of the molecule is CNc1nccc(-c2cccnc2Oc2ccc(F)c(C(=O)Nc3cc(Cl)ccc3N(C)[C@@H]3CCN(C)C3)c2)n1.CNc1nccc(-c2cccnc2Oc2ccc(F)c(C(=O)Nc3cc(Cl)ccc3N(C)[C@H]3CCN(C)C3)c2)n1. The summed E-state index contributed by atoms with van der Waals surface area (Å²) in [5, 5.41) is 12.4. The molecule has 4 N–H and O–H groups in total. The van der Waals surface area contributed by atoms with E-state index in [0.717, 1.165) is 50.4 Å². The molecule has 10 rings (SSSR count). The largest absolute Gasteiger partial charge is 0.438 e. The van der Waals surface area contributed by atoms with Crippen molar-refractivity contribution in [3.8, 4) is 45.8 Å². The van der Waals surface area contributed by atoms with Crippen LogP contribution in [0.1, 0.15) is 33.6 Å². The van der Waals surface area contributed by atoms with Crippen LogP contribution in [0, 0.1) is 11.6 Å². The predicted molar refractivity (Wildman–Crippen MR) is 310 cm³/mol. The van der Waals surface area contributed by atoms with E-state index in [-0.39, 0.29) is 46.5 Å². The molecule has 18 nitrogen and oxygen atoms in total. The van der Waals surface area contributed by atoms with E-state index in [4.69, 9.17) is 32.7 Å². The van der Waals surface area contributed by atoms with Gasteiger partial charge in [-0.25, -0.2) is 38.7 Å². The van der Waals surface area contributed by atoms with Crippen LogP contribution in [0.3, 0.4) is 0 Å². The van der Waals surface area contributed by atoms with Crippen LogP contribution >= 0.6 is 23.2 Å². The number of benzene rings is 4. The van der Waals surface area contributed by atoms with Crippen LogP contribution in [0.4, 0.5) is 43.4 Å². The molecule has 8 aromatic rings. The van der Waals surface area contributed by atoms with Crippen molar-refractivity contribution in [2.45, 2.75) is 24.9 Å². The quantitative estimate of drug-likeness (QED) is 0.0714. The molecule has 0 bridgehead atoms. The number of rotatable bonds is 16. The highest BCUT2D eigenvalue weighted by molar-refractivity contribution is 6.31. The lowest BCUT2D eigenvalue weighted by atomic mass is 10.1. The number of amides is 2. The monoisotopic (exact) mass is 1120 g/mol. The Morgan fingerprint density at radius 2 is 1.00 bits per heavy atom. The summed E-state index contributed by atoms with van der Waals surface area (Å²) < 4.78 is 41.9. The zero-order valence-corrected chi connectivity index (χ0v) is 46.2. The number of carbonyl (C=O) groups excluding carboxylic acids is 2. The zero-order chi connectivity index (χ0) is 56.5. The van der Waals surface area contributed by atoms with Crippen molar-refractivity contribution in [1.82, 2.24) is 39.7 Å². The molecule has 0 radical (unpaired) electrons. The Bertz CT molecular complexity index is 3300. The van der Waals surface area contributed by atoms with E-state index in [2.05, 4.69) is 84.9 Å². The van der Waals surface area contributed by atoms with Gasteiger partial charge in [0.2, 0.25) is 23.7 Å². The van der Waals surface area contributed by atoms with Crippen molar-refractivity contribution in [2.75, 3.05) is 99.5 Å². The molecule has 2 atom stereocenters. The molecule has 412 valence electrons. The Morgan fingerprint density at radius 1 is 0.575 bits per heavy atom. The third kappa shape index (κ3) is 13.5. The minimum Gasteiger partial charge on any atom is -0.438 e. The molecular weight excluding hydrogens is 1070 g/mol. The van der Waals surface area contributed by atoms with E-state index in [1.54, 1.807) is 99.5 Å². The molecule has 4 aromatic heterocycles. The number of pyridine rings is 2. The highest BCUT2D eigenvalue weighted by Gasteiger charge is 2.28. The van der Waals surface area contributed by atoms with Crippen LogP contribution < -0.4 is 40.5 Å². The zero-order valence-electron chi connectivity index (χ0n) is 44.7. The fourth-order valence-corrected chi connectivity index (χ4v) is 9.70. The van der Waals surface area contributed by atoms with Crippen molar-refractivity contribution < 1.29 is 27.8 Å². The average Bonchev–Trinajstić information content (AvgIpc) is 4.14. The Hall–Kier alpha value is -8.56. The van der Waals surface area contributed by atoms with Gasteiger partial charge in [0.15, 0.2) is 0 Å². The normalized spacial score (nSPS) is 15.1. The van der Waals surface area contributed by atoms with Gasteiger partial charge >= 0.3 is 0 Å². The number of halogens is 4. The molecule has 2 saturated heterocycles. The topological polar surface area (TPSA) is 191 Å². The Labute approximate surface area is 472 Å². The summed E-state index contributed by atoms with van der Waals surface area (Å²) in [5.41, 5.74) is 4.65. The van der Waals surface area contributed by atoms with Crippen LogP contribution in [0.15, 0.2) is 134 Å². The number of likely N-dealkylation sites (N-methyl/N-ethyl adjacent to an activating group) is 4. The molecule has 2 aliphatic rings. The molecule has 4 aromatic carbocycles. The molecular formula is C58H58Cl2F2N14O4. The fraction of sp³-hybridized carbons (Fsp3) is 0.241. The van der Waals surface area contributed by atoms with E-state index >= 15 is 0 Å². The molecule has 0 saturated carbocycles.